The Morgan fingerprint density at radius 2 is 1.95 bits per heavy atom. The molecule has 0 aliphatic rings. The number of carbonyl (C=O) groups excluding carboxylic acids is 1. The maximum Gasteiger partial charge on any atom is 0.256 e. The maximum absolute atomic E-state index is 12.4. The standard InChI is InChI=1S/C14H9Br2ClINO/c1-7-2-3-9(17)6-12(7)19-14(20)10-4-8(15)5-11(16)13(10)18/h2-6H,1H3,(H,19,20). The maximum atomic E-state index is 12.4. The van der Waals surface area contributed by atoms with Crippen molar-refractivity contribution in [3.8, 4) is 0 Å². The van der Waals surface area contributed by atoms with Crippen LogP contribution in [0.2, 0.25) is 5.02 Å². The molecule has 0 aromatic heterocycles. The average molecular weight is 529 g/mol. The van der Waals surface area contributed by atoms with Crippen LogP contribution in [0.15, 0.2) is 39.3 Å². The molecule has 2 aromatic carbocycles. The number of rotatable bonds is 2. The van der Waals surface area contributed by atoms with Crippen molar-refractivity contribution >= 4 is 77.6 Å². The van der Waals surface area contributed by atoms with Gasteiger partial charge < -0.3 is 5.32 Å². The smallest absolute Gasteiger partial charge is 0.256 e. The van der Waals surface area contributed by atoms with Crippen LogP contribution < -0.4 is 5.32 Å². The lowest BCUT2D eigenvalue weighted by atomic mass is 10.1. The summed E-state index contributed by atoms with van der Waals surface area (Å²) in [7, 11) is 0. The molecule has 2 aromatic rings. The molecule has 1 N–H and O–H groups in total. The predicted octanol–water partition coefficient (Wildman–Crippen LogP) is 6.03. The third-order valence-electron chi connectivity index (χ3n) is 2.69. The monoisotopic (exact) mass is 527 g/mol. The summed E-state index contributed by atoms with van der Waals surface area (Å²) in [4.78, 5) is 12.4. The highest BCUT2D eigenvalue weighted by Gasteiger charge is 2.14. The zero-order valence-corrected chi connectivity index (χ0v) is 16.4. The number of aryl methyl sites for hydroxylation is 1. The molecule has 0 radical (unpaired) electrons. The molecule has 0 bridgehead atoms. The van der Waals surface area contributed by atoms with Gasteiger partial charge in [-0.2, -0.15) is 0 Å². The summed E-state index contributed by atoms with van der Waals surface area (Å²) in [5.74, 6) is -0.165. The summed E-state index contributed by atoms with van der Waals surface area (Å²) in [5.41, 5.74) is 2.28. The number of carbonyl (C=O) groups is 1. The summed E-state index contributed by atoms with van der Waals surface area (Å²) >= 11 is 14.9. The molecule has 20 heavy (non-hydrogen) atoms. The Morgan fingerprint density at radius 3 is 2.65 bits per heavy atom. The first-order valence-electron chi connectivity index (χ1n) is 5.60. The van der Waals surface area contributed by atoms with E-state index >= 15 is 0 Å². The van der Waals surface area contributed by atoms with Gasteiger partial charge in [0.05, 0.1) is 5.56 Å². The van der Waals surface area contributed by atoms with Gasteiger partial charge in [-0.25, -0.2) is 0 Å². The van der Waals surface area contributed by atoms with E-state index in [1.807, 2.05) is 19.1 Å². The minimum absolute atomic E-state index is 0.165. The van der Waals surface area contributed by atoms with Gasteiger partial charge >= 0.3 is 0 Å². The molecule has 0 heterocycles. The number of nitrogens with one attached hydrogen (secondary N) is 1. The molecule has 2 rings (SSSR count). The predicted molar refractivity (Wildman–Crippen MR) is 98.7 cm³/mol. The fraction of sp³-hybridized carbons (Fsp3) is 0.0714. The van der Waals surface area contributed by atoms with E-state index in [9.17, 15) is 4.79 Å². The Morgan fingerprint density at radius 1 is 1.25 bits per heavy atom. The minimum atomic E-state index is -0.165. The molecular formula is C14H9Br2ClINO. The second-order valence-corrected chi connectivity index (χ2v) is 7.45. The van der Waals surface area contributed by atoms with Crippen molar-refractivity contribution in [3.63, 3.8) is 0 Å². The van der Waals surface area contributed by atoms with Crippen LogP contribution >= 0.6 is 66.1 Å². The largest absolute Gasteiger partial charge is 0.322 e. The Bertz CT molecular complexity index is 691. The highest BCUT2D eigenvalue weighted by atomic mass is 127. The fourth-order valence-corrected chi connectivity index (χ4v) is 3.59. The molecule has 0 atom stereocenters. The van der Waals surface area contributed by atoms with Gasteiger partial charge in [-0.05, 0) is 75.3 Å². The molecule has 0 spiro atoms. The molecule has 6 heteroatoms. The normalized spacial score (nSPS) is 10.4. The number of hydrogen-bond donors (Lipinski definition) is 1. The lowest BCUT2D eigenvalue weighted by molar-refractivity contribution is 0.102. The summed E-state index contributed by atoms with van der Waals surface area (Å²) in [6.07, 6.45) is 0. The van der Waals surface area contributed by atoms with Crippen molar-refractivity contribution in [2.24, 2.45) is 0 Å². The fourth-order valence-electron chi connectivity index (χ4n) is 1.64. The van der Waals surface area contributed by atoms with Crippen LogP contribution in [0.5, 0.6) is 0 Å². The summed E-state index contributed by atoms with van der Waals surface area (Å²) < 4.78 is 2.58. The van der Waals surface area contributed by atoms with Gasteiger partial charge in [0.15, 0.2) is 0 Å². The van der Waals surface area contributed by atoms with Crippen LogP contribution in [0.4, 0.5) is 5.69 Å². The van der Waals surface area contributed by atoms with Crippen LogP contribution in [0, 0.1) is 10.5 Å². The third kappa shape index (κ3) is 3.75. The Balaban J connectivity index is 2.35. The van der Waals surface area contributed by atoms with E-state index in [1.54, 1.807) is 18.2 Å². The van der Waals surface area contributed by atoms with Crippen LogP contribution in [-0.4, -0.2) is 5.91 Å². The number of amides is 1. The summed E-state index contributed by atoms with van der Waals surface area (Å²) in [5, 5.41) is 3.49. The van der Waals surface area contributed by atoms with Gasteiger partial charge in [0, 0.05) is 23.2 Å². The van der Waals surface area contributed by atoms with E-state index in [1.165, 1.54) is 0 Å². The zero-order chi connectivity index (χ0) is 14.9. The van der Waals surface area contributed by atoms with E-state index in [-0.39, 0.29) is 5.91 Å². The van der Waals surface area contributed by atoms with Gasteiger partial charge in [0.25, 0.3) is 5.91 Å². The summed E-state index contributed by atoms with van der Waals surface area (Å²) in [6, 6.07) is 9.12. The molecule has 0 unspecified atom stereocenters. The molecule has 104 valence electrons. The third-order valence-corrected chi connectivity index (χ3v) is 5.91. The molecule has 0 aliphatic heterocycles. The number of halogens is 4. The quantitative estimate of drug-likeness (QED) is 0.374. The van der Waals surface area contributed by atoms with Crippen molar-refractivity contribution in [3.05, 3.63) is 59.0 Å². The zero-order valence-electron chi connectivity index (χ0n) is 10.3. The first-order valence-corrected chi connectivity index (χ1v) is 8.65. The lowest BCUT2D eigenvalue weighted by Gasteiger charge is -2.11. The van der Waals surface area contributed by atoms with Gasteiger partial charge in [0.1, 0.15) is 0 Å². The van der Waals surface area contributed by atoms with E-state index < -0.39 is 0 Å². The van der Waals surface area contributed by atoms with Gasteiger partial charge in [-0.1, -0.05) is 33.6 Å². The van der Waals surface area contributed by atoms with E-state index in [0.717, 1.165) is 23.8 Å². The van der Waals surface area contributed by atoms with Gasteiger partial charge in [-0.15, -0.1) is 0 Å². The second kappa shape index (κ2) is 6.77. The number of hydrogen-bond acceptors (Lipinski definition) is 1. The molecule has 0 fully saturated rings. The molecule has 2 nitrogen and oxygen atoms in total. The van der Waals surface area contributed by atoms with E-state index in [4.69, 9.17) is 11.6 Å². The Kier molecular flexibility index (Phi) is 5.50. The topological polar surface area (TPSA) is 29.1 Å². The van der Waals surface area contributed by atoms with Crippen molar-refractivity contribution in [1.82, 2.24) is 0 Å². The van der Waals surface area contributed by atoms with Crippen molar-refractivity contribution in [2.75, 3.05) is 5.32 Å². The molecular weight excluding hydrogens is 520 g/mol. The minimum Gasteiger partial charge on any atom is -0.322 e. The molecule has 1 amide bonds. The van der Waals surface area contributed by atoms with Crippen LogP contribution in [0.3, 0.4) is 0 Å². The average Bonchev–Trinajstić information content (AvgIpc) is 2.38. The molecule has 0 saturated carbocycles. The van der Waals surface area contributed by atoms with Crippen LogP contribution in [0.1, 0.15) is 15.9 Å². The van der Waals surface area contributed by atoms with E-state index in [0.29, 0.717) is 10.6 Å². The first-order chi connectivity index (χ1) is 9.38. The molecule has 0 aliphatic carbocycles. The van der Waals surface area contributed by atoms with Gasteiger partial charge in [-0.3, -0.25) is 4.79 Å². The highest BCUT2D eigenvalue weighted by molar-refractivity contribution is 14.1. The lowest BCUT2D eigenvalue weighted by Crippen LogP contribution is -2.14. The molecule has 0 saturated heterocycles. The second-order valence-electron chi connectivity index (χ2n) is 4.16. The van der Waals surface area contributed by atoms with Crippen molar-refractivity contribution in [1.29, 1.82) is 0 Å². The van der Waals surface area contributed by atoms with Crippen LogP contribution in [-0.2, 0) is 0 Å². The first kappa shape index (κ1) is 16.3. The number of benzene rings is 2. The number of anilines is 1. The summed E-state index contributed by atoms with van der Waals surface area (Å²) in [6.45, 7) is 1.92. The van der Waals surface area contributed by atoms with Crippen molar-refractivity contribution < 1.29 is 4.79 Å². The Hall–Kier alpha value is -0.110. The Labute approximate surface area is 152 Å². The van der Waals surface area contributed by atoms with E-state index in [2.05, 4.69) is 59.8 Å². The highest BCUT2D eigenvalue weighted by Crippen LogP contribution is 2.28. The SMILES string of the molecule is Cc1ccc(Cl)cc1NC(=O)c1cc(Br)cc(Br)c1I. The van der Waals surface area contributed by atoms with Gasteiger partial charge in [0.2, 0.25) is 0 Å². The van der Waals surface area contributed by atoms with Crippen LogP contribution in [0.25, 0.3) is 0 Å². The van der Waals surface area contributed by atoms with Crippen molar-refractivity contribution in [2.45, 2.75) is 6.92 Å².